The Labute approximate surface area is 167 Å². The predicted molar refractivity (Wildman–Crippen MR) is 107 cm³/mol. The van der Waals surface area contributed by atoms with E-state index in [9.17, 15) is 10.1 Å². The first-order valence-corrected chi connectivity index (χ1v) is 9.00. The Morgan fingerprint density at radius 1 is 1.17 bits per heavy atom. The Kier molecular flexibility index (Phi) is 4.90. The number of nitrogens with zero attached hydrogens (tertiary/aromatic N) is 3. The minimum atomic E-state index is -0.433. The molecular weight excluding hydrogens is 374 g/mol. The van der Waals surface area contributed by atoms with Crippen LogP contribution in [0.4, 0.5) is 5.69 Å². The molecule has 0 saturated carbocycles. The molecule has 0 N–H and O–H groups in total. The Balaban J connectivity index is 1.48. The fourth-order valence-corrected chi connectivity index (χ4v) is 3.31. The first kappa shape index (κ1) is 18.5. The highest BCUT2D eigenvalue weighted by Gasteiger charge is 2.16. The Morgan fingerprint density at radius 3 is 2.83 bits per heavy atom. The third kappa shape index (κ3) is 3.77. The molecule has 148 valence electrons. The van der Waals surface area contributed by atoms with Gasteiger partial charge < -0.3 is 18.9 Å². The number of aryl methyl sites for hydroxylation is 1. The zero-order valence-corrected chi connectivity index (χ0v) is 16.0. The second kappa shape index (κ2) is 7.67. The lowest BCUT2D eigenvalue weighted by molar-refractivity contribution is -0.384. The predicted octanol–water partition coefficient (Wildman–Crippen LogP) is 4.28. The molecule has 8 heteroatoms. The van der Waals surface area contributed by atoms with Crippen LogP contribution >= 0.6 is 0 Å². The minimum absolute atomic E-state index is 0.0300. The van der Waals surface area contributed by atoms with Crippen molar-refractivity contribution in [3.63, 3.8) is 0 Å². The molecule has 2 aromatic carbocycles. The van der Waals surface area contributed by atoms with Gasteiger partial charge in [0.15, 0.2) is 11.5 Å². The summed E-state index contributed by atoms with van der Waals surface area (Å²) in [4.78, 5) is 15.7. The second-order valence-electron chi connectivity index (χ2n) is 6.63. The number of hydrogen-bond acceptors (Lipinski definition) is 6. The quantitative estimate of drug-likeness (QED) is 0.354. The van der Waals surface area contributed by atoms with E-state index >= 15 is 0 Å². The fraction of sp³-hybridized carbons (Fsp3) is 0.190. The zero-order valence-electron chi connectivity index (χ0n) is 16.0. The maximum atomic E-state index is 10.8. The van der Waals surface area contributed by atoms with Crippen molar-refractivity contribution in [3.8, 4) is 17.2 Å². The van der Waals surface area contributed by atoms with Gasteiger partial charge in [0.05, 0.1) is 11.1 Å². The Bertz CT molecular complexity index is 1100. The number of fused-ring (bicyclic) bond motifs is 1. The summed E-state index contributed by atoms with van der Waals surface area (Å²) in [5, 5.41) is 14.9. The van der Waals surface area contributed by atoms with Gasteiger partial charge in [-0.2, -0.15) is 0 Å². The summed E-state index contributed by atoms with van der Waals surface area (Å²) < 4.78 is 12.9. The van der Waals surface area contributed by atoms with E-state index in [4.69, 9.17) is 14.3 Å². The zero-order chi connectivity index (χ0) is 20.4. The highest BCUT2D eigenvalue weighted by Crippen LogP contribution is 2.34. The molecule has 0 spiro atoms. The van der Waals surface area contributed by atoms with Gasteiger partial charge in [-0.05, 0) is 37.6 Å². The molecule has 8 nitrogen and oxygen atoms in total. The normalized spacial score (nSPS) is 12.5. The molecule has 1 aliphatic rings. The average Bonchev–Trinajstić information content (AvgIpc) is 3.28. The third-order valence-corrected chi connectivity index (χ3v) is 4.70. The van der Waals surface area contributed by atoms with Gasteiger partial charge in [0.1, 0.15) is 6.61 Å². The van der Waals surface area contributed by atoms with Crippen LogP contribution in [0.5, 0.6) is 11.5 Å². The van der Waals surface area contributed by atoms with E-state index in [0.717, 1.165) is 34.1 Å². The van der Waals surface area contributed by atoms with E-state index in [-0.39, 0.29) is 19.1 Å². The van der Waals surface area contributed by atoms with Gasteiger partial charge in [-0.25, -0.2) is 0 Å². The largest absolute Gasteiger partial charge is 0.454 e. The average molecular weight is 393 g/mol. The maximum absolute atomic E-state index is 10.8. The number of oxime groups is 1. The van der Waals surface area contributed by atoms with Gasteiger partial charge in [-0.1, -0.05) is 17.3 Å². The molecule has 0 bridgehead atoms. The molecule has 4 rings (SSSR count). The van der Waals surface area contributed by atoms with Gasteiger partial charge in [-0.3, -0.25) is 10.1 Å². The Hall–Kier alpha value is -3.81. The van der Waals surface area contributed by atoms with Crippen molar-refractivity contribution < 1.29 is 19.2 Å². The molecule has 0 atom stereocenters. The van der Waals surface area contributed by atoms with Gasteiger partial charge >= 0.3 is 0 Å². The smallest absolute Gasteiger partial charge is 0.269 e. The van der Waals surface area contributed by atoms with Crippen LogP contribution in [0.3, 0.4) is 0 Å². The number of nitro groups is 1. The Morgan fingerprint density at radius 2 is 2.00 bits per heavy atom. The number of nitro benzene ring substituents is 1. The van der Waals surface area contributed by atoms with Crippen LogP contribution in [0.1, 0.15) is 22.5 Å². The van der Waals surface area contributed by atoms with Crippen molar-refractivity contribution in [3.05, 3.63) is 81.2 Å². The topological polar surface area (TPSA) is 88.1 Å². The summed E-state index contributed by atoms with van der Waals surface area (Å²) in [6.07, 6.45) is 1.64. The molecule has 0 saturated heterocycles. The van der Waals surface area contributed by atoms with Gasteiger partial charge in [0.25, 0.3) is 5.69 Å². The number of non-ortho nitro benzene ring substituents is 1. The third-order valence-electron chi connectivity index (χ3n) is 4.70. The van der Waals surface area contributed by atoms with Gasteiger partial charge in [-0.15, -0.1) is 0 Å². The minimum Gasteiger partial charge on any atom is -0.454 e. The second-order valence-corrected chi connectivity index (χ2v) is 6.63. The van der Waals surface area contributed by atoms with Crippen molar-refractivity contribution in [1.82, 2.24) is 4.57 Å². The van der Waals surface area contributed by atoms with Crippen LogP contribution in [0.15, 0.2) is 53.7 Å². The number of hydrogen-bond donors (Lipinski definition) is 0. The first-order valence-electron chi connectivity index (χ1n) is 9.00. The van der Waals surface area contributed by atoms with E-state index in [0.29, 0.717) is 5.56 Å². The fourth-order valence-electron chi connectivity index (χ4n) is 3.31. The van der Waals surface area contributed by atoms with Crippen molar-refractivity contribution in [2.24, 2.45) is 5.16 Å². The number of ether oxygens (including phenoxy) is 2. The monoisotopic (exact) mass is 393 g/mol. The molecule has 1 aromatic heterocycles. The van der Waals surface area contributed by atoms with Crippen LogP contribution in [-0.4, -0.2) is 22.5 Å². The highest BCUT2D eigenvalue weighted by molar-refractivity contribution is 5.81. The number of rotatable bonds is 6. The van der Waals surface area contributed by atoms with E-state index in [1.54, 1.807) is 18.3 Å². The number of benzene rings is 2. The molecule has 0 radical (unpaired) electrons. The summed E-state index contributed by atoms with van der Waals surface area (Å²) in [5.74, 6) is 1.47. The van der Waals surface area contributed by atoms with Crippen LogP contribution in [-0.2, 0) is 11.4 Å². The standard InChI is InChI=1S/C21H19N3O5/c1-14-8-17(11-22-29-12-16-4-3-5-19(9-16)24(25)26)15(2)23(14)18-6-7-20-21(10-18)28-13-27-20/h3-11H,12-13H2,1-2H3/b22-11-. The molecule has 0 aliphatic carbocycles. The van der Waals surface area contributed by atoms with Crippen molar-refractivity contribution in [2.75, 3.05) is 6.79 Å². The lowest BCUT2D eigenvalue weighted by Crippen LogP contribution is -1.99. The van der Waals surface area contributed by atoms with Crippen LogP contribution < -0.4 is 9.47 Å². The SMILES string of the molecule is Cc1cc(/C=N\OCc2cccc([N+](=O)[O-])c2)c(C)n1-c1ccc2c(c1)OCO2. The molecule has 2 heterocycles. The van der Waals surface area contributed by atoms with Gasteiger partial charge in [0.2, 0.25) is 6.79 Å². The first-order chi connectivity index (χ1) is 14.0. The molecule has 0 fully saturated rings. The van der Waals surface area contributed by atoms with E-state index in [1.807, 2.05) is 38.1 Å². The molecule has 0 unspecified atom stereocenters. The molecule has 0 amide bonds. The lowest BCUT2D eigenvalue weighted by atomic mass is 10.2. The van der Waals surface area contributed by atoms with E-state index in [1.165, 1.54) is 12.1 Å². The summed E-state index contributed by atoms with van der Waals surface area (Å²) in [5.41, 5.74) is 4.65. The van der Waals surface area contributed by atoms with Crippen molar-refractivity contribution >= 4 is 11.9 Å². The summed E-state index contributed by atoms with van der Waals surface area (Å²) in [7, 11) is 0. The van der Waals surface area contributed by atoms with Crippen LogP contribution in [0.2, 0.25) is 0 Å². The van der Waals surface area contributed by atoms with E-state index < -0.39 is 4.92 Å². The molecule has 3 aromatic rings. The van der Waals surface area contributed by atoms with E-state index in [2.05, 4.69) is 9.72 Å². The highest BCUT2D eigenvalue weighted by atomic mass is 16.7. The molecule has 29 heavy (non-hydrogen) atoms. The summed E-state index contributed by atoms with van der Waals surface area (Å²) in [6, 6.07) is 14.1. The summed E-state index contributed by atoms with van der Waals surface area (Å²) in [6.45, 7) is 4.40. The molecular formula is C21H19N3O5. The van der Waals surface area contributed by atoms with Crippen LogP contribution in [0.25, 0.3) is 5.69 Å². The van der Waals surface area contributed by atoms with Crippen LogP contribution in [0, 0.1) is 24.0 Å². The summed E-state index contributed by atoms with van der Waals surface area (Å²) >= 11 is 0. The maximum Gasteiger partial charge on any atom is 0.269 e. The number of aromatic nitrogens is 1. The molecule has 1 aliphatic heterocycles. The van der Waals surface area contributed by atoms with Crippen molar-refractivity contribution in [2.45, 2.75) is 20.5 Å². The van der Waals surface area contributed by atoms with Gasteiger partial charge in [0, 0.05) is 40.8 Å². The van der Waals surface area contributed by atoms with Crippen molar-refractivity contribution in [1.29, 1.82) is 0 Å². The lowest BCUT2D eigenvalue weighted by Gasteiger charge is -2.10.